The number of esters is 1. The van der Waals surface area contributed by atoms with Gasteiger partial charge in [-0.25, -0.2) is 4.79 Å². The Morgan fingerprint density at radius 1 is 1.19 bits per heavy atom. The van der Waals surface area contributed by atoms with Gasteiger partial charge < -0.3 is 9.84 Å². The number of hydrogen-bond acceptors (Lipinski definition) is 6. The largest absolute Gasteiger partial charge is 0.506 e. The third-order valence-electron chi connectivity index (χ3n) is 3.15. The van der Waals surface area contributed by atoms with Crippen LogP contribution in [0.4, 0.5) is 18.9 Å². The number of aliphatic imine (C=N–C) groups is 1. The van der Waals surface area contributed by atoms with Crippen LogP contribution < -0.4 is 0 Å². The second-order valence-corrected chi connectivity index (χ2v) is 5.78. The van der Waals surface area contributed by atoms with E-state index < -0.39 is 29.3 Å². The minimum atomic E-state index is -5.20. The van der Waals surface area contributed by atoms with E-state index in [1.165, 1.54) is 41.8 Å². The summed E-state index contributed by atoms with van der Waals surface area (Å²) in [6, 6.07) is 8.63. The van der Waals surface area contributed by atoms with E-state index in [2.05, 4.69) is 9.73 Å². The molecular formula is C17H12F3NO4S. The fourth-order valence-corrected chi connectivity index (χ4v) is 2.61. The summed E-state index contributed by atoms with van der Waals surface area (Å²) in [5.41, 5.74) is -1.04. The molecule has 5 nitrogen and oxygen atoms in total. The molecule has 0 saturated heterocycles. The first-order valence-electron chi connectivity index (χ1n) is 7.05. The zero-order chi connectivity index (χ0) is 19.3. The van der Waals surface area contributed by atoms with Gasteiger partial charge >= 0.3 is 12.1 Å². The number of alkyl halides is 3. The molecule has 0 bridgehead atoms. The molecule has 1 aromatic carbocycles. The Kier molecular flexibility index (Phi) is 5.93. The minimum absolute atomic E-state index is 0.000621. The number of ketones is 1. The topological polar surface area (TPSA) is 76.0 Å². The highest BCUT2D eigenvalue weighted by molar-refractivity contribution is 7.11. The Labute approximate surface area is 150 Å². The summed E-state index contributed by atoms with van der Waals surface area (Å²) in [6.07, 6.45) is -4.61. The highest BCUT2D eigenvalue weighted by Crippen LogP contribution is 2.28. The van der Waals surface area contributed by atoms with Gasteiger partial charge in [-0.05, 0) is 23.6 Å². The Morgan fingerprint density at radius 2 is 1.88 bits per heavy atom. The van der Waals surface area contributed by atoms with Crippen LogP contribution in [0.15, 0.2) is 52.3 Å². The molecule has 0 unspecified atom stereocenters. The van der Waals surface area contributed by atoms with E-state index in [-0.39, 0.29) is 16.1 Å². The van der Waals surface area contributed by atoms with E-state index in [0.29, 0.717) is 6.21 Å². The molecule has 0 spiro atoms. The number of hydrogen-bond donors (Lipinski definition) is 1. The molecular weight excluding hydrogens is 371 g/mol. The normalized spacial score (nSPS) is 12.8. The van der Waals surface area contributed by atoms with Crippen molar-refractivity contribution in [2.45, 2.75) is 6.18 Å². The molecule has 1 aromatic heterocycles. The molecule has 2 aromatic rings. The molecule has 9 heteroatoms. The SMILES string of the molecule is COC(=O)c1ccccc1N=C/C(C(=O)C(F)(F)F)=C(/O)c1cccs1. The van der Waals surface area contributed by atoms with Gasteiger partial charge in [0.15, 0.2) is 0 Å². The molecule has 0 fully saturated rings. The maximum absolute atomic E-state index is 12.9. The third kappa shape index (κ3) is 4.37. The van der Waals surface area contributed by atoms with E-state index in [0.717, 1.165) is 18.4 Å². The number of allylic oxidation sites excluding steroid dienone is 1. The van der Waals surface area contributed by atoms with Gasteiger partial charge in [0.2, 0.25) is 0 Å². The van der Waals surface area contributed by atoms with Crippen molar-refractivity contribution in [2.75, 3.05) is 7.11 Å². The van der Waals surface area contributed by atoms with E-state index in [4.69, 9.17) is 0 Å². The number of rotatable bonds is 5. The number of para-hydroxylation sites is 1. The molecule has 2 rings (SSSR count). The first kappa shape index (κ1) is 19.4. The number of ether oxygens (including phenoxy) is 1. The molecule has 1 N–H and O–H groups in total. The molecule has 0 aliphatic carbocycles. The van der Waals surface area contributed by atoms with Crippen molar-refractivity contribution in [1.29, 1.82) is 0 Å². The summed E-state index contributed by atoms with van der Waals surface area (Å²) in [4.78, 5) is 27.2. The number of aliphatic hydroxyl groups excluding tert-OH is 1. The van der Waals surface area contributed by atoms with Gasteiger partial charge in [-0.3, -0.25) is 9.79 Å². The fourth-order valence-electron chi connectivity index (χ4n) is 1.93. The van der Waals surface area contributed by atoms with Gasteiger partial charge in [-0.15, -0.1) is 11.3 Å². The number of Topliss-reactive ketones (excluding diaryl/α,β-unsaturated/α-hetero) is 1. The van der Waals surface area contributed by atoms with Crippen molar-refractivity contribution in [1.82, 2.24) is 0 Å². The first-order valence-corrected chi connectivity index (χ1v) is 7.93. The number of halogens is 3. The fraction of sp³-hybridized carbons (Fsp3) is 0.118. The van der Waals surface area contributed by atoms with Crippen molar-refractivity contribution in [3.8, 4) is 0 Å². The first-order chi connectivity index (χ1) is 12.3. The molecule has 0 atom stereocenters. The third-order valence-corrected chi connectivity index (χ3v) is 4.03. The Morgan fingerprint density at radius 3 is 2.46 bits per heavy atom. The van der Waals surface area contributed by atoms with E-state index in [1.807, 2.05) is 0 Å². The Bertz CT molecular complexity index is 870. The van der Waals surface area contributed by atoms with E-state index in [9.17, 15) is 27.9 Å². The average Bonchev–Trinajstić information content (AvgIpc) is 3.15. The van der Waals surface area contributed by atoms with Crippen LogP contribution in [-0.4, -0.2) is 36.4 Å². The smallest absolute Gasteiger partial charge is 0.455 e. The van der Waals surface area contributed by atoms with Crippen LogP contribution >= 0.6 is 11.3 Å². The maximum atomic E-state index is 12.9. The summed E-state index contributed by atoms with van der Waals surface area (Å²) < 4.78 is 43.2. The van der Waals surface area contributed by atoms with Crippen LogP contribution in [0.1, 0.15) is 15.2 Å². The lowest BCUT2D eigenvalue weighted by Crippen LogP contribution is -2.26. The molecule has 0 saturated carbocycles. The molecule has 0 aliphatic heterocycles. The quantitative estimate of drug-likeness (QED) is 0.361. The minimum Gasteiger partial charge on any atom is -0.506 e. The van der Waals surface area contributed by atoms with Crippen LogP contribution in [0.25, 0.3) is 5.76 Å². The molecule has 0 radical (unpaired) electrons. The van der Waals surface area contributed by atoms with Gasteiger partial charge in [0.25, 0.3) is 5.78 Å². The highest BCUT2D eigenvalue weighted by atomic mass is 32.1. The molecule has 0 aliphatic rings. The maximum Gasteiger partial charge on any atom is 0.455 e. The lowest BCUT2D eigenvalue weighted by atomic mass is 10.1. The average molecular weight is 383 g/mol. The number of carbonyl (C=O) groups excluding carboxylic acids is 2. The van der Waals surface area contributed by atoms with Crippen molar-refractivity contribution >= 4 is 40.8 Å². The number of aliphatic hydroxyl groups is 1. The number of benzene rings is 1. The highest BCUT2D eigenvalue weighted by Gasteiger charge is 2.41. The molecule has 1 heterocycles. The molecule has 26 heavy (non-hydrogen) atoms. The predicted octanol–water partition coefficient (Wildman–Crippen LogP) is 4.34. The molecule has 0 amide bonds. The zero-order valence-corrected chi connectivity index (χ0v) is 14.1. The summed E-state index contributed by atoms with van der Waals surface area (Å²) in [7, 11) is 1.14. The summed E-state index contributed by atoms with van der Waals surface area (Å²) in [5, 5.41) is 11.6. The van der Waals surface area contributed by atoms with Crippen LogP contribution in [-0.2, 0) is 9.53 Å². The van der Waals surface area contributed by atoms with Crippen LogP contribution in [0.3, 0.4) is 0 Å². The monoisotopic (exact) mass is 383 g/mol. The van der Waals surface area contributed by atoms with Gasteiger partial charge in [0.1, 0.15) is 5.76 Å². The summed E-state index contributed by atoms with van der Waals surface area (Å²) in [6.45, 7) is 0. The Balaban J connectivity index is 2.53. The lowest BCUT2D eigenvalue weighted by molar-refractivity contribution is -0.165. The summed E-state index contributed by atoms with van der Waals surface area (Å²) in [5.74, 6) is -3.84. The van der Waals surface area contributed by atoms with Gasteiger partial charge in [0.05, 0.1) is 28.8 Å². The summed E-state index contributed by atoms with van der Waals surface area (Å²) >= 11 is 0.958. The van der Waals surface area contributed by atoms with Crippen molar-refractivity contribution < 1.29 is 32.6 Å². The van der Waals surface area contributed by atoms with Crippen molar-refractivity contribution in [3.63, 3.8) is 0 Å². The van der Waals surface area contributed by atoms with Crippen molar-refractivity contribution in [2.24, 2.45) is 4.99 Å². The van der Waals surface area contributed by atoms with Crippen LogP contribution in [0.5, 0.6) is 0 Å². The van der Waals surface area contributed by atoms with E-state index in [1.54, 1.807) is 0 Å². The second kappa shape index (κ2) is 7.96. The lowest BCUT2D eigenvalue weighted by Gasteiger charge is -2.08. The number of nitrogens with zero attached hydrogens (tertiary/aromatic N) is 1. The zero-order valence-electron chi connectivity index (χ0n) is 13.3. The van der Waals surface area contributed by atoms with Gasteiger partial charge in [0, 0.05) is 6.21 Å². The second-order valence-electron chi connectivity index (χ2n) is 4.83. The molecule has 136 valence electrons. The van der Waals surface area contributed by atoms with Gasteiger partial charge in [-0.1, -0.05) is 18.2 Å². The predicted molar refractivity (Wildman–Crippen MR) is 90.9 cm³/mol. The number of methoxy groups -OCH3 is 1. The van der Waals surface area contributed by atoms with Gasteiger partial charge in [-0.2, -0.15) is 13.2 Å². The van der Waals surface area contributed by atoms with Crippen LogP contribution in [0, 0.1) is 0 Å². The number of carbonyl (C=O) groups is 2. The number of thiophene rings is 1. The Hall–Kier alpha value is -2.94. The van der Waals surface area contributed by atoms with Crippen molar-refractivity contribution in [3.05, 3.63) is 57.8 Å². The van der Waals surface area contributed by atoms with E-state index >= 15 is 0 Å². The standard InChI is InChI=1S/C17H12F3NO4S/c1-25-16(24)10-5-2-3-6-12(10)21-9-11(15(23)17(18,19)20)14(22)13-7-4-8-26-13/h2-9,22H,1H3/b14-11-,21-9?. The van der Waals surface area contributed by atoms with Crippen LogP contribution in [0.2, 0.25) is 0 Å².